The average Bonchev–Trinajstić information content (AvgIpc) is 3.58. The number of carbonyl (C=O) groups is 1. The van der Waals surface area contributed by atoms with Gasteiger partial charge in [-0.1, -0.05) is 17.7 Å². The predicted octanol–water partition coefficient (Wildman–Crippen LogP) is 3.96. The van der Waals surface area contributed by atoms with Crippen molar-refractivity contribution in [2.75, 3.05) is 13.2 Å². The number of pyridine rings is 1. The van der Waals surface area contributed by atoms with Gasteiger partial charge in [0.2, 0.25) is 11.8 Å². The highest BCUT2D eigenvalue weighted by molar-refractivity contribution is 6.31. The van der Waals surface area contributed by atoms with Gasteiger partial charge in [-0.25, -0.2) is 9.37 Å². The first kappa shape index (κ1) is 21.8. The van der Waals surface area contributed by atoms with E-state index in [-0.39, 0.29) is 12.5 Å². The number of fused-ring (bicyclic) bond motifs is 1. The number of halogens is 2. The molecular weight excluding hydrogens is 461 g/mol. The lowest BCUT2D eigenvalue weighted by atomic mass is 10.1. The molecule has 5 aromatic rings. The van der Waals surface area contributed by atoms with Gasteiger partial charge < -0.3 is 14.7 Å². The molecule has 0 saturated heterocycles. The van der Waals surface area contributed by atoms with Gasteiger partial charge in [0.05, 0.1) is 18.2 Å². The van der Waals surface area contributed by atoms with Crippen molar-refractivity contribution in [3.05, 3.63) is 71.1 Å². The monoisotopic (exact) mass is 479 g/mol. The highest BCUT2D eigenvalue weighted by Gasteiger charge is 2.17. The average molecular weight is 480 g/mol. The highest BCUT2D eigenvalue weighted by atomic mass is 35.5. The second-order valence-electron chi connectivity index (χ2n) is 7.65. The van der Waals surface area contributed by atoms with Gasteiger partial charge in [-0.3, -0.25) is 9.48 Å². The SMILES string of the molecule is Cn1cc(-c2cnc3[nH]cc(-c4nnc(Cc5ccc(C(=O)NCCF)cc5Cl)o4)c3c2)cn1. The quantitative estimate of drug-likeness (QED) is 0.365. The summed E-state index contributed by atoms with van der Waals surface area (Å²) in [6, 6.07) is 6.87. The molecule has 172 valence electrons. The van der Waals surface area contributed by atoms with Crippen LogP contribution in [0.3, 0.4) is 0 Å². The first-order chi connectivity index (χ1) is 16.5. The molecule has 0 fully saturated rings. The lowest BCUT2D eigenvalue weighted by Gasteiger charge is -2.06. The molecule has 9 nitrogen and oxygen atoms in total. The number of aryl methyl sites for hydroxylation is 1. The maximum atomic E-state index is 12.3. The maximum Gasteiger partial charge on any atom is 0.251 e. The van der Waals surface area contributed by atoms with E-state index in [2.05, 4.69) is 30.6 Å². The Morgan fingerprint density at radius 3 is 2.88 bits per heavy atom. The summed E-state index contributed by atoms with van der Waals surface area (Å²) in [6.45, 7) is -0.676. The number of hydrogen-bond acceptors (Lipinski definition) is 6. The number of aromatic nitrogens is 6. The lowest BCUT2D eigenvalue weighted by Crippen LogP contribution is -2.25. The molecule has 5 rings (SSSR count). The molecule has 11 heteroatoms. The molecule has 34 heavy (non-hydrogen) atoms. The Labute approximate surface area is 198 Å². The Kier molecular flexibility index (Phi) is 5.81. The fraction of sp³-hybridized carbons (Fsp3) is 0.174. The lowest BCUT2D eigenvalue weighted by molar-refractivity contribution is 0.0951. The van der Waals surface area contributed by atoms with Gasteiger partial charge in [-0.15, -0.1) is 10.2 Å². The summed E-state index contributed by atoms with van der Waals surface area (Å²) in [5, 5.41) is 16.3. The highest BCUT2D eigenvalue weighted by Crippen LogP contribution is 2.31. The Bertz CT molecular complexity index is 1490. The van der Waals surface area contributed by atoms with E-state index in [9.17, 15) is 9.18 Å². The molecular formula is C23H19ClFN7O2. The van der Waals surface area contributed by atoms with Crippen molar-refractivity contribution in [1.29, 1.82) is 0 Å². The van der Waals surface area contributed by atoms with E-state index in [1.807, 2.05) is 19.3 Å². The van der Waals surface area contributed by atoms with Crippen molar-refractivity contribution in [2.24, 2.45) is 7.05 Å². The van der Waals surface area contributed by atoms with E-state index < -0.39 is 6.67 Å². The van der Waals surface area contributed by atoms with Crippen molar-refractivity contribution < 1.29 is 13.6 Å². The van der Waals surface area contributed by atoms with Gasteiger partial charge in [0.25, 0.3) is 5.91 Å². The fourth-order valence-electron chi connectivity index (χ4n) is 3.60. The molecule has 1 aromatic carbocycles. The van der Waals surface area contributed by atoms with Crippen molar-refractivity contribution in [2.45, 2.75) is 6.42 Å². The van der Waals surface area contributed by atoms with Crippen LogP contribution in [0.5, 0.6) is 0 Å². The van der Waals surface area contributed by atoms with Gasteiger partial charge in [0, 0.05) is 59.3 Å². The summed E-state index contributed by atoms with van der Waals surface area (Å²) in [5.41, 5.74) is 4.38. The number of nitrogens with zero attached hydrogens (tertiary/aromatic N) is 5. The fourth-order valence-corrected chi connectivity index (χ4v) is 3.85. The minimum atomic E-state index is -0.631. The standard InChI is InChI=1S/C23H19ClFN7O2/c1-32-12-16(10-29-32)15-6-17-18(11-28-21(17)27-9-15)23-31-30-20(34-23)8-13-2-3-14(7-19(13)24)22(33)26-5-4-25/h2-3,6-7,9-12H,4-5,8H2,1H3,(H,26,33)(H,27,28). The number of rotatable bonds is 7. The number of H-pyrrole nitrogens is 1. The predicted molar refractivity (Wildman–Crippen MR) is 124 cm³/mol. The van der Waals surface area contributed by atoms with Crippen LogP contribution in [0.4, 0.5) is 4.39 Å². The summed E-state index contributed by atoms with van der Waals surface area (Å²) < 4.78 is 19.9. The number of nitrogens with one attached hydrogen (secondary N) is 2. The van der Waals surface area contributed by atoms with Gasteiger partial charge >= 0.3 is 0 Å². The van der Waals surface area contributed by atoms with Crippen LogP contribution in [-0.2, 0) is 13.5 Å². The molecule has 0 atom stereocenters. The number of carbonyl (C=O) groups excluding carboxylic acids is 1. The minimum absolute atomic E-state index is 0.0456. The topological polar surface area (TPSA) is 115 Å². The molecule has 0 bridgehead atoms. The van der Waals surface area contributed by atoms with Crippen LogP contribution in [0.25, 0.3) is 33.6 Å². The van der Waals surface area contributed by atoms with Gasteiger partial charge in [-0.2, -0.15) is 5.10 Å². The third-order valence-electron chi connectivity index (χ3n) is 5.30. The molecule has 0 aliphatic rings. The Morgan fingerprint density at radius 1 is 1.24 bits per heavy atom. The first-order valence-electron chi connectivity index (χ1n) is 10.4. The molecule has 0 aliphatic carbocycles. The summed E-state index contributed by atoms with van der Waals surface area (Å²) in [6.07, 6.45) is 7.54. The van der Waals surface area contributed by atoms with Crippen LogP contribution in [0.1, 0.15) is 21.8 Å². The minimum Gasteiger partial charge on any atom is -0.420 e. The van der Waals surface area contributed by atoms with Crippen LogP contribution >= 0.6 is 11.6 Å². The largest absolute Gasteiger partial charge is 0.420 e. The molecule has 0 saturated carbocycles. The summed E-state index contributed by atoms with van der Waals surface area (Å²) in [7, 11) is 1.86. The molecule has 0 aliphatic heterocycles. The first-order valence-corrected chi connectivity index (χ1v) is 10.8. The maximum absolute atomic E-state index is 12.3. The van der Waals surface area contributed by atoms with E-state index in [1.165, 1.54) is 6.07 Å². The molecule has 0 unspecified atom stereocenters. The second-order valence-corrected chi connectivity index (χ2v) is 8.06. The molecule has 4 aromatic heterocycles. The molecule has 1 amide bonds. The zero-order valence-corrected chi connectivity index (χ0v) is 18.8. The summed E-state index contributed by atoms with van der Waals surface area (Å²) >= 11 is 6.36. The number of benzene rings is 1. The van der Waals surface area contributed by atoms with Gasteiger partial charge in [0.1, 0.15) is 12.3 Å². The van der Waals surface area contributed by atoms with E-state index >= 15 is 0 Å². The number of aromatic amines is 1. The Morgan fingerprint density at radius 2 is 2.12 bits per heavy atom. The van der Waals surface area contributed by atoms with Crippen LogP contribution in [-0.4, -0.2) is 49.1 Å². The molecule has 0 radical (unpaired) electrons. The molecule has 2 N–H and O–H groups in total. The van der Waals surface area contributed by atoms with Crippen LogP contribution in [0.2, 0.25) is 5.02 Å². The number of alkyl halides is 1. The van der Waals surface area contributed by atoms with Crippen molar-refractivity contribution in [1.82, 2.24) is 35.3 Å². The van der Waals surface area contributed by atoms with Crippen molar-refractivity contribution >= 4 is 28.5 Å². The Balaban J connectivity index is 1.38. The second kappa shape index (κ2) is 9.06. The van der Waals surface area contributed by atoms with Crippen molar-refractivity contribution in [3.63, 3.8) is 0 Å². The summed E-state index contributed by atoms with van der Waals surface area (Å²) in [4.78, 5) is 19.6. The zero-order valence-electron chi connectivity index (χ0n) is 18.0. The van der Waals surface area contributed by atoms with Crippen LogP contribution in [0.15, 0.2) is 53.5 Å². The van der Waals surface area contributed by atoms with Gasteiger partial charge in [-0.05, 0) is 23.8 Å². The third kappa shape index (κ3) is 4.27. The zero-order chi connectivity index (χ0) is 23.7. The third-order valence-corrected chi connectivity index (χ3v) is 5.66. The van der Waals surface area contributed by atoms with Crippen LogP contribution < -0.4 is 5.32 Å². The number of amides is 1. The van der Waals surface area contributed by atoms with Crippen LogP contribution in [0, 0.1) is 0 Å². The van der Waals surface area contributed by atoms with Gasteiger partial charge in [0.15, 0.2) is 0 Å². The van der Waals surface area contributed by atoms with Crippen molar-refractivity contribution in [3.8, 4) is 22.6 Å². The van der Waals surface area contributed by atoms with E-state index in [0.29, 0.717) is 34.4 Å². The van der Waals surface area contributed by atoms with E-state index in [4.69, 9.17) is 16.0 Å². The number of hydrogen-bond donors (Lipinski definition) is 2. The normalized spacial score (nSPS) is 11.3. The van der Waals surface area contributed by atoms with E-state index in [0.717, 1.165) is 27.6 Å². The Hall–Kier alpha value is -4.05. The smallest absolute Gasteiger partial charge is 0.251 e. The van der Waals surface area contributed by atoms with E-state index in [1.54, 1.807) is 35.4 Å². The molecule has 0 spiro atoms. The molecule has 4 heterocycles. The summed E-state index contributed by atoms with van der Waals surface area (Å²) in [5.74, 6) is 0.340.